The van der Waals surface area contributed by atoms with Gasteiger partial charge in [0, 0.05) is 11.3 Å². The van der Waals surface area contributed by atoms with Crippen molar-refractivity contribution in [2.45, 2.75) is 32.2 Å². The summed E-state index contributed by atoms with van der Waals surface area (Å²) in [5.74, 6) is 1.42. The summed E-state index contributed by atoms with van der Waals surface area (Å²) in [5, 5.41) is 13.2. The second kappa shape index (κ2) is 8.94. The minimum Gasteiger partial charge on any atom is -0.508 e. The number of aliphatic imine (C=N–C) groups is 1. The Bertz CT molecular complexity index is 745. The maximum absolute atomic E-state index is 10.2. The van der Waals surface area contributed by atoms with Gasteiger partial charge in [0.05, 0.1) is 13.7 Å². The third kappa shape index (κ3) is 4.78. The Morgan fingerprint density at radius 3 is 2.60 bits per heavy atom. The largest absolute Gasteiger partial charge is 0.508 e. The monoisotopic (exact) mass is 453 g/mol. The van der Waals surface area contributed by atoms with Crippen molar-refractivity contribution in [2.75, 3.05) is 12.4 Å². The molecule has 0 aromatic heterocycles. The van der Waals surface area contributed by atoms with Gasteiger partial charge in [-0.15, -0.1) is 24.0 Å². The number of nitrogens with two attached hydrogens (primary N) is 1. The van der Waals surface area contributed by atoms with Gasteiger partial charge in [-0.3, -0.25) is 0 Å². The van der Waals surface area contributed by atoms with E-state index in [-0.39, 0.29) is 24.0 Å². The van der Waals surface area contributed by atoms with Crippen LogP contribution in [0.4, 0.5) is 5.69 Å². The summed E-state index contributed by atoms with van der Waals surface area (Å²) in [6.07, 6.45) is 4.45. The van der Waals surface area contributed by atoms with Gasteiger partial charge >= 0.3 is 0 Å². The lowest BCUT2D eigenvalue weighted by atomic mass is 9.88. The van der Waals surface area contributed by atoms with Crippen LogP contribution < -0.4 is 15.8 Å². The van der Waals surface area contributed by atoms with Crippen molar-refractivity contribution in [3.05, 3.63) is 53.1 Å². The van der Waals surface area contributed by atoms with E-state index in [1.165, 1.54) is 17.5 Å². The quantitative estimate of drug-likeness (QED) is 0.374. The smallest absolute Gasteiger partial charge is 0.193 e. The number of guanidine groups is 1. The molecule has 5 nitrogen and oxygen atoms in total. The molecule has 1 aliphatic rings. The van der Waals surface area contributed by atoms with Crippen LogP contribution in [0.3, 0.4) is 0 Å². The van der Waals surface area contributed by atoms with Gasteiger partial charge in [-0.1, -0.05) is 6.07 Å². The molecule has 3 rings (SSSR count). The van der Waals surface area contributed by atoms with Crippen LogP contribution in [0.15, 0.2) is 41.4 Å². The van der Waals surface area contributed by atoms with Gasteiger partial charge in [0.25, 0.3) is 0 Å². The van der Waals surface area contributed by atoms with Gasteiger partial charge in [-0.25, -0.2) is 4.99 Å². The van der Waals surface area contributed by atoms with Crippen molar-refractivity contribution in [1.82, 2.24) is 0 Å². The fraction of sp³-hybridized carbons (Fsp3) is 0.316. The van der Waals surface area contributed by atoms with Crippen LogP contribution in [-0.4, -0.2) is 18.2 Å². The third-order valence-electron chi connectivity index (χ3n) is 4.40. The fourth-order valence-corrected chi connectivity index (χ4v) is 3.09. The number of aromatic hydroxyl groups is 1. The minimum absolute atomic E-state index is 0. The number of rotatable bonds is 4. The highest BCUT2D eigenvalue weighted by molar-refractivity contribution is 14.0. The molecule has 0 spiro atoms. The molecule has 2 aromatic carbocycles. The highest BCUT2D eigenvalue weighted by atomic mass is 127. The van der Waals surface area contributed by atoms with Crippen LogP contribution in [0.25, 0.3) is 0 Å². The predicted octanol–water partition coefficient (Wildman–Crippen LogP) is 3.82. The number of methoxy groups -OCH3 is 1. The van der Waals surface area contributed by atoms with Crippen molar-refractivity contribution in [3.63, 3.8) is 0 Å². The number of halogens is 1. The number of fused-ring (bicyclic) bond motifs is 1. The Kier molecular flexibility index (Phi) is 6.92. The summed E-state index contributed by atoms with van der Waals surface area (Å²) >= 11 is 0. The molecular formula is C19H24IN3O2. The van der Waals surface area contributed by atoms with Gasteiger partial charge in [-0.05, 0) is 67.1 Å². The molecule has 4 N–H and O–H groups in total. The van der Waals surface area contributed by atoms with E-state index in [0.717, 1.165) is 36.3 Å². The molecule has 1 aliphatic carbocycles. The molecule has 0 heterocycles. The number of nitrogens with one attached hydrogen (secondary N) is 1. The lowest BCUT2D eigenvalue weighted by molar-refractivity contribution is 0.415. The Morgan fingerprint density at radius 2 is 1.88 bits per heavy atom. The fourth-order valence-electron chi connectivity index (χ4n) is 3.09. The first kappa shape index (κ1) is 19.4. The molecule has 0 radical (unpaired) electrons. The first-order chi connectivity index (χ1) is 11.7. The number of hydrogen-bond donors (Lipinski definition) is 3. The first-order valence-electron chi connectivity index (χ1n) is 8.21. The molecule has 0 amide bonds. The maximum Gasteiger partial charge on any atom is 0.193 e. The summed E-state index contributed by atoms with van der Waals surface area (Å²) in [6, 6.07) is 11.3. The van der Waals surface area contributed by atoms with E-state index in [9.17, 15) is 5.11 Å². The normalized spacial score (nSPS) is 13.6. The molecule has 2 aromatic rings. The van der Waals surface area contributed by atoms with Crippen LogP contribution in [0, 0.1) is 0 Å². The van der Waals surface area contributed by atoms with Crippen LogP contribution in [0.5, 0.6) is 11.5 Å². The lowest BCUT2D eigenvalue weighted by Gasteiger charge is -2.19. The molecule has 0 aliphatic heterocycles. The van der Waals surface area contributed by atoms with E-state index in [2.05, 4.69) is 10.3 Å². The molecule has 0 atom stereocenters. The lowest BCUT2D eigenvalue weighted by Crippen LogP contribution is -2.22. The Morgan fingerprint density at radius 1 is 1.16 bits per heavy atom. The zero-order chi connectivity index (χ0) is 16.9. The van der Waals surface area contributed by atoms with E-state index >= 15 is 0 Å². The minimum atomic E-state index is 0. The van der Waals surface area contributed by atoms with Crippen molar-refractivity contribution < 1.29 is 9.84 Å². The zero-order valence-electron chi connectivity index (χ0n) is 14.3. The highest BCUT2D eigenvalue weighted by Crippen LogP contribution is 2.31. The average molecular weight is 453 g/mol. The third-order valence-corrected chi connectivity index (χ3v) is 4.40. The number of anilines is 1. The molecular weight excluding hydrogens is 429 g/mol. The average Bonchev–Trinajstić information content (AvgIpc) is 2.61. The number of hydrogen-bond acceptors (Lipinski definition) is 3. The van der Waals surface area contributed by atoms with Crippen molar-refractivity contribution in [3.8, 4) is 11.5 Å². The first-order valence-corrected chi connectivity index (χ1v) is 8.21. The molecule has 25 heavy (non-hydrogen) atoms. The summed E-state index contributed by atoms with van der Waals surface area (Å²) in [5.41, 5.74) is 10.3. The van der Waals surface area contributed by atoms with Gasteiger partial charge in [0.15, 0.2) is 5.96 Å². The summed E-state index contributed by atoms with van der Waals surface area (Å²) in [6.45, 7) is 0.379. The van der Waals surface area contributed by atoms with Crippen LogP contribution in [0.2, 0.25) is 0 Å². The van der Waals surface area contributed by atoms with Crippen LogP contribution in [0.1, 0.15) is 29.5 Å². The molecule has 134 valence electrons. The topological polar surface area (TPSA) is 79.9 Å². The molecule has 0 saturated heterocycles. The number of aryl methyl sites for hydroxylation is 1. The van der Waals surface area contributed by atoms with E-state index in [1.807, 2.05) is 30.3 Å². The predicted molar refractivity (Wildman–Crippen MR) is 112 cm³/mol. The summed E-state index contributed by atoms with van der Waals surface area (Å²) in [7, 11) is 1.63. The van der Waals surface area contributed by atoms with E-state index in [0.29, 0.717) is 18.3 Å². The number of benzene rings is 2. The SMILES string of the molecule is COc1ccc(NC(N)=NCc2c(O)ccc3c2CCCC3)cc1.I. The van der Waals surface area contributed by atoms with Crippen molar-refractivity contribution in [1.29, 1.82) is 0 Å². The zero-order valence-corrected chi connectivity index (χ0v) is 16.6. The summed E-state index contributed by atoms with van der Waals surface area (Å²) < 4.78 is 5.13. The number of ether oxygens (including phenoxy) is 1. The number of nitrogens with zero attached hydrogens (tertiary/aromatic N) is 1. The molecule has 0 bridgehead atoms. The van der Waals surface area contributed by atoms with E-state index < -0.39 is 0 Å². The Balaban J connectivity index is 0.00000225. The van der Waals surface area contributed by atoms with Crippen LogP contribution >= 0.6 is 24.0 Å². The second-order valence-electron chi connectivity index (χ2n) is 5.96. The Hall–Kier alpha value is -1.96. The molecule has 0 fully saturated rings. The van der Waals surface area contributed by atoms with Crippen LogP contribution in [-0.2, 0) is 19.4 Å². The van der Waals surface area contributed by atoms with E-state index in [4.69, 9.17) is 10.5 Å². The molecule has 0 saturated carbocycles. The van der Waals surface area contributed by atoms with Gasteiger partial charge in [0.1, 0.15) is 11.5 Å². The molecule has 0 unspecified atom stereocenters. The Labute approximate surface area is 165 Å². The van der Waals surface area contributed by atoms with Crippen molar-refractivity contribution in [2.24, 2.45) is 10.7 Å². The van der Waals surface area contributed by atoms with Crippen molar-refractivity contribution >= 4 is 35.6 Å². The molecule has 6 heteroatoms. The standard InChI is InChI=1S/C19H23N3O2.HI/c1-24-15-9-7-14(8-10-15)22-19(20)21-12-17-16-5-3-2-4-13(16)6-11-18(17)23;/h6-11,23H,2-5,12H2,1H3,(H3,20,21,22);1H. The second-order valence-corrected chi connectivity index (χ2v) is 5.96. The van der Waals surface area contributed by atoms with E-state index in [1.54, 1.807) is 13.2 Å². The maximum atomic E-state index is 10.2. The van der Waals surface area contributed by atoms with Gasteiger partial charge in [0.2, 0.25) is 0 Å². The van der Waals surface area contributed by atoms with Gasteiger partial charge in [-0.2, -0.15) is 0 Å². The highest BCUT2D eigenvalue weighted by Gasteiger charge is 2.16. The number of phenols is 1. The number of phenolic OH excluding ortho intramolecular Hbond substituents is 1. The summed E-state index contributed by atoms with van der Waals surface area (Å²) in [4.78, 5) is 4.39. The van der Waals surface area contributed by atoms with Gasteiger partial charge < -0.3 is 20.9 Å².